The second-order valence-electron chi connectivity index (χ2n) is 2.39. The summed E-state index contributed by atoms with van der Waals surface area (Å²) in [6.45, 7) is 2.16. The fraction of sp³-hybridized carbons (Fsp3) is 0.250. The molecule has 14 heavy (non-hydrogen) atoms. The Hall–Kier alpha value is -0.100. The normalized spacial score (nSPS) is 10.3. The Kier molecular flexibility index (Phi) is 6.35. The van der Waals surface area contributed by atoms with E-state index >= 15 is 0 Å². The lowest BCUT2D eigenvalue weighted by atomic mass is 10.2. The Labute approximate surface area is 96.5 Å². The summed E-state index contributed by atoms with van der Waals surface area (Å²) in [4.78, 5) is 0. The van der Waals surface area contributed by atoms with E-state index in [1.54, 1.807) is 0 Å². The maximum Gasteiger partial charge on any atom is 0.353 e. The zero-order chi connectivity index (χ0) is 11.2. The van der Waals surface area contributed by atoms with Gasteiger partial charge in [-0.25, -0.2) is 0 Å². The van der Waals surface area contributed by atoms with Crippen molar-refractivity contribution in [3.63, 3.8) is 0 Å². The van der Waals surface area contributed by atoms with Gasteiger partial charge in [0.1, 0.15) is 0 Å². The van der Waals surface area contributed by atoms with E-state index in [1.165, 1.54) is 5.56 Å². The van der Waals surface area contributed by atoms with Gasteiger partial charge < -0.3 is 0 Å². The van der Waals surface area contributed by atoms with Gasteiger partial charge in [-0.15, -0.1) is 0 Å². The number of hydrogen-bond acceptors (Lipinski definition) is 2. The Morgan fingerprint density at radius 1 is 1.36 bits per heavy atom. The molecular weight excluding hydrogens is 292 g/mol. The molecule has 0 fully saturated rings. The molecule has 1 aromatic rings. The van der Waals surface area contributed by atoms with E-state index < -0.39 is 9.33 Å². The molecule has 6 heteroatoms. The van der Waals surface area contributed by atoms with Gasteiger partial charge >= 0.3 is 9.33 Å². The lowest BCUT2D eigenvalue weighted by molar-refractivity contribution is 0.501. The Bertz CT molecular complexity index is 353. The first-order valence-corrected chi connectivity index (χ1v) is 6.80. The van der Waals surface area contributed by atoms with Crippen LogP contribution in [0.1, 0.15) is 12.5 Å². The van der Waals surface area contributed by atoms with Crippen LogP contribution in [0.4, 0.5) is 0 Å². The molecular formula is C8H10BrClO3S. The molecule has 0 saturated carbocycles. The van der Waals surface area contributed by atoms with Gasteiger partial charge in [0.2, 0.25) is 0 Å². The number of rotatable bonds is 1. The minimum absolute atomic E-state index is 1.12. The molecule has 1 aromatic carbocycles. The van der Waals surface area contributed by atoms with Crippen LogP contribution in [0.15, 0.2) is 28.7 Å². The van der Waals surface area contributed by atoms with Crippen LogP contribution in [0.5, 0.6) is 0 Å². The monoisotopic (exact) mass is 300 g/mol. The first-order valence-electron chi connectivity index (χ1n) is 3.74. The van der Waals surface area contributed by atoms with E-state index in [9.17, 15) is 0 Å². The zero-order valence-corrected chi connectivity index (χ0v) is 10.6. The van der Waals surface area contributed by atoms with Gasteiger partial charge in [-0.1, -0.05) is 35.0 Å². The van der Waals surface area contributed by atoms with Crippen molar-refractivity contribution in [1.29, 1.82) is 0 Å². The summed E-state index contributed by atoms with van der Waals surface area (Å²) in [5.41, 5.74) is 1.39. The molecule has 0 unspecified atom stereocenters. The van der Waals surface area contributed by atoms with Crippen LogP contribution in [0.3, 0.4) is 0 Å². The van der Waals surface area contributed by atoms with Crippen LogP contribution >= 0.6 is 26.6 Å². The predicted molar refractivity (Wildman–Crippen MR) is 60.9 cm³/mol. The van der Waals surface area contributed by atoms with Gasteiger partial charge in [-0.05, 0) is 24.1 Å². The second-order valence-corrected chi connectivity index (χ2v) is 5.30. The van der Waals surface area contributed by atoms with Crippen molar-refractivity contribution < 1.29 is 13.0 Å². The van der Waals surface area contributed by atoms with E-state index in [0.717, 1.165) is 10.9 Å². The number of benzene rings is 1. The average Bonchev–Trinajstić information content (AvgIpc) is 2.03. The van der Waals surface area contributed by atoms with Crippen LogP contribution in [-0.4, -0.2) is 13.0 Å². The molecule has 0 atom stereocenters. The fourth-order valence-electron chi connectivity index (χ4n) is 0.720. The lowest BCUT2D eigenvalue weighted by Crippen LogP contribution is -1.77. The van der Waals surface area contributed by atoms with E-state index in [2.05, 4.69) is 57.8 Å². The fourth-order valence-corrected chi connectivity index (χ4v) is 0.984. The summed E-state index contributed by atoms with van der Waals surface area (Å²) in [6.07, 6.45) is 1.12. The highest BCUT2D eigenvalue weighted by Gasteiger charge is 1.87. The molecule has 3 nitrogen and oxygen atoms in total. The quantitative estimate of drug-likeness (QED) is 0.641. The molecule has 0 saturated heterocycles. The van der Waals surface area contributed by atoms with Gasteiger partial charge in [0.05, 0.1) is 0 Å². The van der Waals surface area contributed by atoms with E-state index in [-0.39, 0.29) is 0 Å². The molecule has 0 aromatic heterocycles. The predicted octanol–water partition coefficient (Wildman–Crippen LogP) is 3.04. The van der Waals surface area contributed by atoms with Crippen LogP contribution in [0.25, 0.3) is 0 Å². The van der Waals surface area contributed by atoms with Crippen LogP contribution < -0.4 is 0 Å². The molecule has 0 amide bonds. The summed E-state index contributed by atoms with van der Waals surface area (Å²) >= 11 is 3.37. The van der Waals surface area contributed by atoms with Crippen molar-refractivity contribution in [2.75, 3.05) is 0 Å². The molecule has 1 rings (SSSR count). The first kappa shape index (κ1) is 13.9. The van der Waals surface area contributed by atoms with E-state index in [0.29, 0.717) is 0 Å². The van der Waals surface area contributed by atoms with Gasteiger partial charge in [-0.2, -0.15) is 8.42 Å². The van der Waals surface area contributed by atoms with Gasteiger partial charge in [0, 0.05) is 15.2 Å². The van der Waals surface area contributed by atoms with Gasteiger partial charge in [-0.3, -0.25) is 4.55 Å². The highest BCUT2D eigenvalue weighted by Crippen LogP contribution is 2.10. The minimum atomic E-state index is -4.19. The van der Waals surface area contributed by atoms with Crippen molar-refractivity contribution in [1.82, 2.24) is 0 Å². The summed E-state index contributed by atoms with van der Waals surface area (Å²) in [5, 5.41) is 0. The summed E-state index contributed by atoms with van der Waals surface area (Å²) < 4.78 is 26.3. The average molecular weight is 302 g/mol. The van der Waals surface area contributed by atoms with Crippen LogP contribution in [0, 0.1) is 0 Å². The number of halogens is 2. The third-order valence-electron chi connectivity index (χ3n) is 1.32. The zero-order valence-electron chi connectivity index (χ0n) is 7.44. The van der Waals surface area contributed by atoms with Crippen molar-refractivity contribution in [2.24, 2.45) is 0 Å². The Morgan fingerprint density at radius 2 is 1.71 bits per heavy atom. The summed E-state index contributed by atoms with van der Waals surface area (Å²) in [5.74, 6) is 0. The lowest BCUT2D eigenvalue weighted by Gasteiger charge is -1.93. The second kappa shape index (κ2) is 6.40. The van der Waals surface area contributed by atoms with Crippen LogP contribution in [0.2, 0.25) is 0 Å². The maximum absolute atomic E-state index is 8.95. The molecule has 0 bridgehead atoms. The van der Waals surface area contributed by atoms with E-state index in [4.69, 9.17) is 13.0 Å². The SMILES string of the molecule is CCc1ccc(Br)cc1.O=S(=O)(O)Cl. The Balaban J connectivity index is 0.000000292. The molecule has 0 aliphatic carbocycles. The minimum Gasteiger partial charge on any atom is -0.273 e. The highest BCUT2D eigenvalue weighted by molar-refractivity contribution is 9.10. The third kappa shape index (κ3) is 9.98. The van der Waals surface area contributed by atoms with Gasteiger partial charge in [0.15, 0.2) is 0 Å². The molecule has 80 valence electrons. The smallest absolute Gasteiger partial charge is 0.273 e. The van der Waals surface area contributed by atoms with E-state index in [1.807, 2.05) is 0 Å². The van der Waals surface area contributed by atoms with Crippen LogP contribution in [-0.2, 0) is 15.8 Å². The molecule has 0 aliphatic rings. The molecule has 1 N–H and O–H groups in total. The summed E-state index contributed by atoms with van der Waals surface area (Å²) in [6, 6.07) is 8.39. The third-order valence-corrected chi connectivity index (χ3v) is 1.85. The molecule has 0 heterocycles. The maximum atomic E-state index is 8.95. The molecule has 0 aliphatic heterocycles. The van der Waals surface area contributed by atoms with Crippen molar-refractivity contribution in [3.05, 3.63) is 34.3 Å². The highest BCUT2D eigenvalue weighted by atomic mass is 79.9. The molecule has 0 spiro atoms. The number of hydrogen-bond donors (Lipinski definition) is 1. The van der Waals surface area contributed by atoms with Gasteiger partial charge in [0.25, 0.3) is 0 Å². The van der Waals surface area contributed by atoms with Crippen molar-refractivity contribution in [2.45, 2.75) is 13.3 Å². The van der Waals surface area contributed by atoms with Crippen molar-refractivity contribution >= 4 is 35.9 Å². The first-order chi connectivity index (χ1) is 6.33. The number of aryl methyl sites for hydroxylation is 1. The summed E-state index contributed by atoms with van der Waals surface area (Å²) in [7, 11) is -0.137. The standard InChI is InChI=1S/C8H9Br.ClHO3S/c1-2-7-3-5-8(9)6-4-7;1-5(2,3)4/h3-6H,2H2,1H3;(H,2,3,4). The largest absolute Gasteiger partial charge is 0.353 e. The van der Waals surface area contributed by atoms with Crippen molar-refractivity contribution in [3.8, 4) is 0 Å². The Morgan fingerprint density at radius 3 is 2.00 bits per heavy atom. The molecule has 0 radical (unpaired) electrons. The topological polar surface area (TPSA) is 54.4 Å².